The quantitative estimate of drug-likeness (QED) is 0.793. The Morgan fingerprint density at radius 1 is 1.00 bits per heavy atom. The molecule has 5 heteroatoms. The Morgan fingerprint density at radius 3 is 2.46 bits per heavy atom. The molecule has 1 N–H and O–H groups in total. The summed E-state index contributed by atoms with van der Waals surface area (Å²) in [5, 5.41) is 10.5. The van der Waals surface area contributed by atoms with Gasteiger partial charge in [-0.3, -0.25) is 10.1 Å². The normalized spacial score (nSPS) is 10.6. The van der Waals surface area contributed by atoms with Crippen LogP contribution in [0.2, 0.25) is 0 Å². The first-order valence-electron chi connectivity index (χ1n) is 7.78. The van der Waals surface area contributed by atoms with Crippen LogP contribution in [0.5, 0.6) is 0 Å². The van der Waals surface area contributed by atoms with Crippen molar-refractivity contribution in [2.24, 2.45) is 0 Å². The van der Waals surface area contributed by atoms with Gasteiger partial charge in [-0.2, -0.15) is 0 Å². The van der Waals surface area contributed by atoms with E-state index in [0.29, 0.717) is 17.9 Å². The molecule has 0 radical (unpaired) electrons. The zero-order valence-electron chi connectivity index (χ0n) is 14.0. The molecule has 0 aliphatic rings. The van der Waals surface area contributed by atoms with Gasteiger partial charge in [0.2, 0.25) is 5.89 Å². The van der Waals surface area contributed by atoms with Crippen LogP contribution in [-0.2, 0) is 6.42 Å². The number of carbonyl (C=O) groups is 1. The summed E-state index contributed by atoms with van der Waals surface area (Å²) in [7, 11) is 0. The van der Waals surface area contributed by atoms with Crippen molar-refractivity contribution >= 4 is 11.9 Å². The van der Waals surface area contributed by atoms with Crippen molar-refractivity contribution in [1.82, 2.24) is 10.2 Å². The maximum Gasteiger partial charge on any atom is 0.322 e. The molecule has 3 rings (SSSR count). The van der Waals surface area contributed by atoms with Crippen molar-refractivity contribution in [3.8, 4) is 0 Å². The van der Waals surface area contributed by atoms with Gasteiger partial charge < -0.3 is 4.42 Å². The zero-order chi connectivity index (χ0) is 17.1. The summed E-state index contributed by atoms with van der Waals surface area (Å²) in [5.41, 5.74) is 5.21. The summed E-state index contributed by atoms with van der Waals surface area (Å²) in [6.07, 6.45) is 0.536. The minimum atomic E-state index is -0.267. The summed E-state index contributed by atoms with van der Waals surface area (Å²) in [6, 6.07) is 13.6. The maximum absolute atomic E-state index is 12.1. The van der Waals surface area contributed by atoms with Crippen molar-refractivity contribution in [2.45, 2.75) is 27.2 Å². The lowest BCUT2D eigenvalue weighted by Gasteiger charge is -2.03. The molecule has 0 saturated carbocycles. The molecule has 0 aliphatic heterocycles. The van der Waals surface area contributed by atoms with Gasteiger partial charge in [-0.25, -0.2) is 0 Å². The molecule has 0 atom stereocenters. The van der Waals surface area contributed by atoms with E-state index in [1.807, 2.05) is 25.1 Å². The Morgan fingerprint density at radius 2 is 1.75 bits per heavy atom. The van der Waals surface area contributed by atoms with Gasteiger partial charge >= 0.3 is 6.01 Å². The van der Waals surface area contributed by atoms with Gasteiger partial charge in [0.1, 0.15) is 0 Å². The van der Waals surface area contributed by atoms with Crippen LogP contribution in [-0.4, -0.2) is 16.1 Å². The Kier molecular flexibility index (Phi) is 4.42. The predicted molar refractivity (Wildman–Crippen MR) is 92.2 cm³/mol. The molecule has 5 nitrogen and oxygen atoms in total. The third-order valence-electron chi connectivity index (χ3n) is 3.93. The first-order valence-corrected chi connectivity index (χ1v) is 7.78. The van der Waals surface area contributed by atoms with Gasteiger partial charge in [-0.15, -0.1) is 5.10 Å². The van der Waals surface area contributed by atoms with Crippen LogP contribution >= 0.6 is 0 Å². The number of hydrogen-bond donors (Lipinski definition) is 1. The molecule has 122 valence electrons. The largest absolute Gasteiger partial charge is 0.407 e. The molecule has 2 aromatic carbocycles. The van der Waals surface area contributed by atoms with Crippen LogP contribution in [0.25, 0.3) is 0 Å². The van der Waals surface area contributed by atoms with Crippen molar-refractivity contribution < 1.29 is 9.21 Å². The van der Waals surface area contributed by atoms with Crippen LogP contribution in [0.15, 0.2) is 46.9 Å². The highest BCUT2D eigenvalue weighted by atomic mass is 16.4. The molecule has 0 spiro atoms. The topological polar surface area (TPSA) is 68.0 Å². The molecule has 0 aliphatic carbocycles. The molecule has 0 bridgehead atoms. The first kappa shape index (κ1) is 15.9. The van der Waals surface area contributed by atoms with E-state index in [2.05, 4.69) is 41.5 Å². The lowest BCUT2D eigenvalue weighted by Crippen LogP contribution is -2.11. The van der Waals surface area contributed by atoms with Crippen molar-refractivity contribution in [1.29, 1.82) is 0 Å². The molecule has 1 amide bonds. The Hall–Kier alpha value is -2.95. The number of anilines is 1. The maximum atomic E-state index is 12.1. The molecule has 0 unspecified atom stereocenters. The number of nitrogens with one attached hydrogen (secondary N) is 1. The molecule has 0 saturated heterocycles. The Balaban J connectivity index is 1.67. The minimum absolute atomic E-state index is 0.111. The third-order valence-corrected chi connectivity index (χ3v) is 3.93. The van der Waals surface area contributed by atoms with E-state index in [4.69, 9.17) is 4.42 Å². The average molecular weight is 321 g/mol. The second-order valence-electron chi connectivity index (χ2n) is 5.92. The zero-order valence-corrected chi connectivity index (χ0v) is 14.0. The van der Waals surface area contributed by atoms with Crippen molar-refractivity contribution in [3.63, 3.8) is 0 Å². The summed E-state index contributed by atoms with van der Waals surface area (Å²) in [5.74, 6) is 0.203. The highest BCUT2D eigenvalue weighted by Crippen LogP contribution is 2.15. The smallest absolute Gasteiger partial charge is 0.322 e. The second kappa shape index (κ2) is 6.66. The van der Waals surface area contributed by atoms with E-state index in [0.717, 1.165) is 11.1 Å². The number of amides is 1. The molecule has 0 fully saturated rings. The average Bonchev–Trinajstić information content (AvgIpc) is 2.98. The van der Waals surface area contributed by atoms with Crippen LogP contribution in [0, 0.1) is 20.8 Å². The van der Waals surface area contributed by atoms with E-state index < -0.39 is 0 Å². The summed E-state index contributed by atoms with van der Waals surface area (Å²) in [6.45, 7) is 6.11. The molecule has 1 heterocycles. The highest BCUT2D eigenvalue weighted by molar-refractivity contribution is 6.03. The first-order chi connectivity index (χ1) is 11.5. The fourth-order valence-corrected chi connectivity index (χ4v) is 2.34. The van der Waals surface area contributed by atoms with Gasteiger partial charge in [0.15, 0.2) is 0 Å². The predicted octanol–water partition coefficient (Wildman–Crippen LogP) is 3.84. The Labute approximate surface area is 140 Å². The van der Waals surface area contributed by atoms with E-state index in [9.17, 15) is 4.79 Å². The molecule has 1 aromatic heterocycles. The van der Waals surface area contributed by atoms with Crippen LogP contribution in [0.1, 0.15) is 38.5 Å². The van der Waals surface area contributed by atoms with E-state index in [1.165, 1.54) is 11.1 Å². The van der Waals surface area contributed by atoms with E-state index in [-0.39, 0.29) is 11.9 Å². The van der Waals surface area contributed by atoms with Crippen LogP contribution in [0.4, 0.5) is 6.01 Å². The lowest BCUT2D eigenvalue weighted by atomic mass is 10.0. The molecule has 24 heavy (non-hydrogen) atoms. The number of aromatic nitrogens is 2. The Bertz CT molecular complexity index is 867. The fourth-order valence-electron chi connectivity index (χ4n) is 2.34. The number of nitrogens with zero attached hydrogens (tertiary/aromatic N) is 2. The number of hydrogen-bond acceptors (Lipinski definition) is 4. The summed E-state index contributed by atoms with van der Waals surface area (Å²) in [4.78, 5) is 12.1. The SMILES string of the molecule is Cc1ccc(C(=O)Nc2nnc(Cc3ccc(C)c(C)c3)o2)cc1. The second-order valence-corrected chi connectivity index (χ2v) is 5.92. The van der Waals surface area contributed by atoms with Crippen molar-refractivity contribution in [3.05, 3.63) is 76.2 Å². The summed E-state index contributed by atoms with van der Waals surface area (Å²) >= 11 is 0. The highest BCUT2D eigenvalue weighted by Gasteiger charge is 2.12. The molecular formula is C19H19N3O2. The minimum Gasteiger partial charge on any atom is -0.407 e. The molecular weight excluding hydrogens is 302 g/mol. The third kappa shape index (κ3) is 3.68. The van der Waals surface area contributed by atoms with Gasteiger partial charge in [-0.05, 0) is 49.6 Å². The van der Waals surface area contributed by atoms with Crippen LogP contribution in [0.3, 0.4) is 0 Å². The number of aryl methyl sites for hydroxylation is 3. The standard InChI is InChI=1S/C19H19N3O2/c1-12-4-8-16(9-5-12)18(23)20-19-22-21-17(24-19)11-15-7-6-13(2)14(3)10-15/h4-10H,11H2,1-3H3,(H,20,22,23). The van der Waals surface area contributed by atoms with Crippen LogP contribution < -0.4 is 5.32 Å². The van der Waals surface area contributed by atoms with Gasteiger partial charge in [0, 0.05) is 5.56 Å². The summed E-state index contributed by atoms with van der Waals surface area (Å²) < 4.78 is 5.52. The van der Waals surface area contributed by atoms with Gasteiger partial charge in [-0.1, -0.05) is 41.0 Å². The monoisotopic (exact) mass is 321 g/mol. The van der Waals surface area contributed by atoms with E-state index in [1.54, 1.807) is 12.1 Å². The number of carbonyl (C=O) groups excluding carboxylic acids is 1. The van der Waals surface area contributed by atoms with E-state index >= 15 is 0 Å². The number of rotatable bonds is 4. The van der Waals surface area contributed by atoms with Gasteiger partial charge in [0.05, 0.1) is 6.42 Å². The fraction of sp³-hybridized carbons (Fsp3) is 0.211. The molecule has 3 aromatic rings. The van der Waals surface area contributed by atoms with Crippen molar-refractivity contribution in [2.75, 3.05) is 5.32 Å². The number of benzene rings is 2. The van der Waals surface area contributed by atoms with Gasteiger partial charge in [0.25, 0.3) is 5.91 Å². The lowest BCUT2D eigenvalue weighted by molar-refractivity contribution is 0.102.